The van der Waals surface area contributed by atoms with E-state index in [0.29, 0.717) is 0 Å². The first kappa shape index (κ1) is 9.88. The van der Waals surface area contributed by atoms with E-state index in [4.69, 9.17) is 14.9 Å². The van der Waals surface area contributed by atoms with Gasteiger partial charge in [-0.25, -0.2) is 0 Å². The van der Waals surface area contributed by atoms with Crippen molar-refractivity contribution in [1.29, 1.82) is 0 Å². The maximum Gasteiger partial charge on any atom is 0.181 e. The Bertz CT molecular complexity index is 146. The van der Waals surface area contributed by atoms with E-state index in [-0.39, 0.29) is 6.61 Å². The SMILES string of the molecule is C[C@H]1C(O)[C@@H](CO)O[C@@H](O)[C@H]1O. The molecule has 0 bridgehead atoms. The lowest BCUT2D eigenvalue weighted by Gasteiger charge is -2.38. The topological polar surface area (TPSA) is 90.2 Å². The van der Waals surface area contributed by atoms with Crippen LogP contribution in [0.2, 0.25) is 0 Å². The van der Waals surface area contributed by atoms with Crippen molar-refractivity contribution < 1.29 is 25.2 Å². The van der Waals surface area contributed by atoms with Crippen LogP contribution < -0.4 is 0 Å². The highest BCUT2D eigenvalue weighted by atomic mass is 16.6. The van der Waals surface area contributed by atoms with E-state index in [2.05, 4.69) is 0 Å². The van der Waals surface area contributed by atoms with Gasteiger partial charge in [-0.1, -0.05) is 6.92 Å². The highest BCUT2D eigenvalue weighted by Gasteiger charge is 2.40. The molecule has 0 radical (unpaired) electrons. The number of hydrogen-bond acceptors (Lipinski definition) is 5. The smallest absolute Gasteiger partial charge is 0.181 e. The molecule has 1 fully saturated rings. The Balaban J connectivity index is 2.63. The number of aliphatic hydroxyl groups is 4. The van der Waals surface area contributed by atoms with Crippen molar-refractivity contribution in [2.45, 2.75) is 31.5 Å². The summed E-state index contributed by atoms with van der Waals surface area (Å²) < 4.78 is 4.74. The third-order valence-electron chi connectivity index (χ3n) is 2.24. The highest BCUT2D eigenvalue weighted by molar-refractivity contribution is 4.85. The molecule has 1 heterocycles. The summed E-state index contributed by atoms with van der Waals surface area (Å²) in [5.41, 5.74) is 0. The zero-order valence-corrected chi connectivity index (χ0v) is 6.79. The quantitative estimate of drug-likeness (QED) is 0.375. The second-order valence-electron chi connectivity index (χ2n) is 3.09. The highest BCUT2D eigenvalue weighted by Crippen LogP contribution is 2.24. The van der Waals surface area contributed by atoms with Crippen LogP contribution in [0.4, 0.5) is 0 Å². The summed E-state index contributed by atoms with van der Waals surface area (Å²) in [7, 11) is 0. The van der Waals surface area contributed by atoms with Crippen molar-refractivity contribution in [1.82, 2.24) is 0 Å². The summed E-state index contributed by atoms with van der Waals surface area (Å²) in [4.78, 5) is 0. The van der Waals surface area contributed by atoms with Gasteiger partial charge in [0, 0.05) is 5.92 Å². The molecule has 0 spiro atoms. The zero-order valence-electron chi connectivity index (χ0n) is 6.79. The minimum absolute atomic E-state index is 0.366. The predicted molar refractivity (Wildman–Crippen MR) is 39.1 cm³/mol. The predicted octanol–water partition coefficient (Wildman–Crippen LogP) is -1.95. The summed E-state index contributed by atoms with van der Waals surface area (Å²) in [6.45, 7) is 1.22. The minimum Gasteiger partial charge on any atom is -0.394 e. The molecule has 0 saturated carbocycles. The van der Waals surface area contributed by atoms with E-state index in [1.165, 1.54) is 0 Å². The summed E-state index contributed by atoms with van der Waals surface area (Å²) in [6.07, 6.45) is -4.16. The molecule has 5 nitrogen and oxygen atoms in total. The summed E-state index contributed by atoms with van der Waals surface area (Å²) in [6, 6.07) is 0. The van der Waals surface area contributed by atoms with Gasteiger partial charge in [0.05, 0.1) is 12.7 Å². The number of aliphatic hydroxyl groups excluding tert-OH is 4. The average Bonchev–Trinajstić information content (AvgIpc) is 2.08. The fourth-order valence-electron chi connectivity index (χ4n) is 1.29. The molecule has 0 aromatic rings. The van der Waals surface area contributed by atoms with Crippen molar-refractivity contribution in [2.24, 2.45) is 5.92 Å². The second kappa shape index (κ2) is 3.68. The average molecular weight is 178 g/mol. The van der Waals surface area contributed by atoms with Crippen LogP contribution in [0.15, 0.2) is 0 Å². The molecule has 4 N–H and O–H groups in total. The van der Waals surface area contributed by atoms with Crippen LogP contribution in [0, 0.1) is 5.92 Å². The van der Waals surface area contributed by atoms with Gasteiger partial charge < -0.3 is 25.2 Å². The lowest BCUT2D eigenvalue weighted by atomic mass is 9.91. The first-order valence-electron chi connectivity index (χ1n) is 3.88. The summed E-state index contributed by atoms with van der Waals surface area (Å²) >= 11 is 0. The van der Waals surface area contributed by atoms with E-state index >= 15 is 0 Å². The van der Waals surface area contributed by atoms with Crippen molar-refractivity contribution in [2.75, 3.05) is 6.61 Å². The van der Waals surface area contributed by atoms with Gasteiger partial charge in [-0.15, -0.1) is 0 Å². The standard InChI is InChI=1S/C7H14O5/c1-3-5(9)4(2-8)12-7(11)6(3)10/h3-11H,2H2,1H3/t3-,4+,5?,6-,7+/m0/s1. The molecule has 1 unspecified atom stereocenters. The Morgan fingerprint density at radius 3 is 2.25 bits per heavy atom. The lowest BCUT2D eigenvalue weighted by molar-refractivity contribution is -0.271. The molecule has 72 valence electrons. The molecule has 1 saturated heterocycles. The maximum absolute atomic E-state index is 9.37. The first-order valence-corrected chi connectivity index (χ1v) is 3.88. The maximum atomic E-state index is 9.37. The molecule has 1 aliphatic rings. The van der Waals surface area contributed by atoms with E-state index in [9.17, 15) is 10.2 Å². The largest absolute Gasteiger partial charge is 0.394 e. The van der Waals surface area contributed by atoms with E-state index in [1.807, 2.05) is 0 Å². The van der Waals surface area contributed by atoms with Crippen LogP contribution in [-0.2, 0) is 4.74 Å². The van der Waals surface area contributed by atoms with Gasteiger partial charge in [0.25, 0.3) is 0 Å². The van der Waals surface area contributed by atoms with Gasteiger partial charge in [0.15, 0.2) is 6.29 Å². The molecule has 12 heavy (non-hydrogen) atoms. The lowest BCUT2D eigenvalue weighted by Crippen LogP contribution is -2.54. The fraction of sp³-hybridized carbons (Fsp3) is 1.00. The molecular formula is C7H14O5. The van der Waals surface area contributed by atoms with Crippen molar-refractivity contribution in [3.05, 3.63) is 0 Å². The molecule has 1 aliphatic heterocycles. The van der Waals surface area contributed by atoms with Gasteiger partial charge in [-0.3, -0.25) is 0 Å². The van der Waals surface area contributed by atoms with Crippen LogP contribution >= 0.6 is 0 Å². The van der Waals surface area contributed by atoms with E-state index in [0.717, 1.165) is 0 Å². The minimum atomic E-state index is -1.32. The Morgan fingerprint density at radius 1 is 1.17 bits per heavy atom. The zero-order chi connectivity index (χ0) is 9.30. The van der Waals surface area contributed by atoms with Gasteiger partial charge >= 0.3 is 0 Å². The van der Waals surface area contributed by atoms with Gasteiger partial charge in [0.1, 0.15) is 12.2 Å². The Morgan fingerprint density at radius 2 is 1.75 bits per heavy atom. The summed E-state index contributed by atoms with van der Waals surface area (Å²) in [5, 5.41) is 36.4. The van der Waals surface area contributed by atoms with Crippen molar-refractivity contribution >= 4 is 0 Å². The van der Waals surface area contributed by atoms with Crippen molar-refractivity contribution in [3.8, 4) is 0 Å². The molecular weight excluding hydrogens is 164 g/mol. The van der Waals surface area contributed by atoms with Gasteiger partial charge in [-0.05, 0) is 0 Å². The van der Waals surface area contributed by atoms with Crippen molar-refractivity contribution in [3.63, 3.8) is 0 Å². The molecule has 5 atom stereocenters. The summed E-state index contributed by atoms with van der Waals surface area (Å²) in [5.74, 6) is -0.495. The number of ether oxygens (including phenoxy) is 1. The molecule has 0 aliphatic carbocycles. The Kier molecular flexibility index (Phi) is 3.03. The van der Waals surface area contributed by atoms with Crippen LogP contribution in [0.3, 0.4) is 0 Å². The van der Waals surface area contributed by atoms with Crippen LogP contribution in [0.1, 0.15) is 6.92 Å². The molecule has 5 heteroatoms. The second-order valence-corrected chi connectivity index (χ2v) is 3.09. The van der Waals surface area contributed by atoms with Gasteiger partial charge in [0.2, 0.25) is 0 Å². The monoisotopic (exact) mass is 178 g/mol. The molecule has 1 rings (SSSR count). The Labute approximate surface area is 70.2 Å². The third-order valence-corrected chi connectivity index (χ3v) is 2.24. The van der Waals surface area contributed by atoms with Crippen LogP contribution in [0.25, 0.3) is 0 Å². The fourth-order valence-corrected chi connectivity index (χ4v) is 1.29. The molecule has 0 amide bonds. The van der Waals surface area contributed by atoms with E-state index in [1.54, 1.807) is 6.92 Å². The normalized spacial score (nSPS) is 49.2. The van der Waals surface area contributed by atoms with Crippen LogP contribution in [-0.4, -0.2) is 51.6 Å². The van der Waals surface area contributed by atoms with Crippen LogP contribution in [0.5, 0.6) is 0 Å². The van der Waals surface area contributed by atoms with Gasteiger partial charge in [-0.2, -0.15) is 0 Å². The van der Waals surface area contributed by atoms with E-state index < -0.39 is 30.5 Å². The Hall–Kier alpha value is -0.200. The molecule has 0 aromatic carbocycles. The molecule has 0 aromatic heterocycles. The third kappa shape index (κ3) is 1.60. The number of rotatable bonds is 1. The first-order chi connectivity index (χ1) is 5.57. The number of hydrogen-bond donors (Lipinski definition) is 4.